The fourth-order valence-electron chi connectivity index (χ4n) is 4.69. The van der Waals surface area contributed by atoms with E-state index < -0.39 is 18.1 Å². The van der Waals surface area contributed by atoms with Crippen molar-refractivity contribution in [1.82, 2.24) is 14.9 Å². The number of methoxy groups -OCH3 is 1. The van der Waals surface area contributed by atoms with Crippen molar-refractivity contribution in [2.75, 3.05) is 32.5 Å². The molecule has 4 rings (SSSR count). The number of aromatic nitrogens is 2. The van der Waals surface area contributed by atoms with Crippen molar-refractivity contribution in [3.05, 3.63) is 47.6 Å². The number of nitrogens with zero attached hydrogens (tertiary/aromatic N) is 3. The van der Waals surface area contributed by atoms with Gasteiger partial charge in [-0.05, 0) is 74.5 Å². The van der Waals surface area contributed by atoms with Gasteiger partial charge in [-0.3, -0.25) is 9.78 Å². The van der Waals surface area contributed by atoms with E-state index in [4.69, 9.17) is 4.74 Å². The summed E-state index contributed by atoms with van der Waals surface area (Å²) in [5.74, 6) is 0.388. The molecule has 0 radical (unpaired) electrons. The minimum absolute atomic E-state index is 0.0145. The highest BCUT2D eigenvalue weighted by atomic mass is 32.2. The summed E-state index contributed by atoms with van der Waals surface area (Å²) in [6.07, 6.45) is 4.90. The lowest BCUT2D eigenvalue weighted by Crippen LogP contribution is -2.44. The third kappa shape index (κ3) is 6.25. The molecule has 1 saturated heterocycles. The molecule has 0 aliphatic carbocycles. The Kier molecular flexibility index (Phi) is 8.74. The van der Waals surface area contributed by atoms with E-state index in [-0.39, 0.29) is 5.92 Å². The number of hydrogen-bond acceptors (Lipinski definition) is 7. The Hall–Kier alpha value is -2.23. The zero-order valence-electron chi connectivity index (χ0n) is 19.2. The smallest absolute Gasteiger partial charge is 0.308 e. The van der Waals surface area contributed by atoms with Gasteiger partial charge >= 0.3 is 5.97 Å². The molecule has 3 atom stereocenters. The van der Waals surface area contributed by atoms with Crippen LogP contribution in [-0.2, 0) is 4.79 Å². The van der Waals surface area contributed by atoms with Gasteiger partial charge in [-0.1, -0.05) is 11.8 Å². The Morgan fingerprint density at radius 2 is 2.24 bits per heavy atom. The van der Waals surface area contributed by atoms with Crippen LogP contribution >= 0.6 is 23.1 Å². The molecule has 0 saturated carbocycles. The summed E-state index contributed by atoms with van der Waals surface area (Å²) in [7, 11) is 1.59. The number of piperidine rings is 1. The summed E-state index contributed by atoms with van der Waals surface area (Å²) in [5.41, 5.74) is 1.32. The minimum Gasteiger partial charge on any atom is -0.497 e. The van der Waals surface area contributed by atoms with Crippen molar-refractivity contribution in [3.8, 4) is 5.75 Å². The van der Waals surface area contributed by atoms with Gasteiger partial charge in [-0.15, -0.1) is 11.3 Å². The molecule has 1 N–H and O–H groups in total. The first-order valence-corrected chi connectivity index (χ1v) is 13.5. The van der Waals surface area contributed by atoms with Crippen molar-refractivity contribution in [1.29, 1.82) is 0 Å². The number of halogens is 1. The predicted molar refractivity (Wildman–Crippen MR) is 135 cm³/mol. The number of likely N-dealkylation sites (tertiary alicyclic amines) is 1. The van der Waals surface area contributed by atoms with Crippen molar-refractivity contribution < 1.29 is 19.0 Å². The van der Waals surface area contributed by atoms with Crippen LogP contribution in [0.3, 0.4) is 0 Å². The van der Waals surface area contributed by atoms with Gasteiger partial charge in [0.1, 0.15) is 16.3 Å². The average molecular weight is 504 g/mol. The van der Waals surface area contributed by atoms with Gasteiger partial charge in [0.05, 0.1) is 18.5 Å². The molecule has 3 aromatic rings. The van der Waals surface area contributed by atoms with Gasteiger partial charge < -0.3 is 14.7 Å². The number of carboxylic acids is 1. The number of rotatable bonds is 11. The molecule has 0 bridgehead atoms. The van der Waals surface area contributed by atoms with E-state index in [1.54, 1.807) is 42.5 Å². The standard InChI is InChI=1S/C25H30FN3O3S2/c1-32-18-4-6-23-20(15-18)19(7-9-27-23)22(26)5-3-17-8-12-29(16-21(17)24(30)31)11-2-13-33-25-28-10-14-34-25/h4,6-7,9-10,14-15,17,21-22H,2-3,5,8,11-13,16H2,1H3,(H,30,31)/t17-,21+,22-/m1/s1. The first-order chi connectivity index (χ1) is 16.5. The molecule has 0 unspecified atom stereocenters. The van der Waals surface area contributed by atoms with Crippen LogP contribution in [0, 0.1) is 11.8 Å². The number of carbonyl (C=O) groups is 1. The van der Waals surface area contributed by atoms with Crippen LogP contribution in [0.25, 0.3) is 10.9 Å². The monoisotopic (exact) mass is 503 g/mol. The molecule has 3 heterocycles. The number of carboxylic acid groups (broad SMARTS) is 1. The molecule has 1 fully saturated rings. The van der Waals surface area contributed by atoms with Gasteiger partial charge in [-0.25, -0.2) is 9.37 Å². The van der Waals surface area contributed by atoms with Gasteiger partial charge in [0.25, 0.3) is 0 Å². The summed E-state index contributed by atoms with van der Waals surface area (Å²) in [5, 5.41) is 12.6. The SMILES string of the molecule is COc1ccc2nccc([C@H](F)CC[C@@H]3CCN(CCCSc4nccs4)C[C@@H]3C(=O)O)c2c1. The maximum absolute atomic E-state index is 15.3. The van der Waals surface area contributed by atoms with Crippen LogP contribution < -0.4 is 4.74 Å². The third-order valence-corrected chi connectivity index (χ3v) is 8.57. The zero-order chi connectivity index (χ0) is 23.9. The summed E-state index contributed by atoms with van der Waals surface area (Å²) in [6, 6.07) is 7.18. The lowest BCUT2D eigenvalue weighted by molar-refractivity contribution is -0.146. The lowest BCUT2D eigenvalue weighted by Gasteiger charge is -2.36. The summed E-state index contributed by atoms with van der Waals surface area (Å²) in [4.78, 5) is 22.9. The fourth-order valence-corrected chi connectivity index (χ4v) is 6.32. The minimum atomic E-state index is -1.17. The van der Waals surface area contributed by atoms with Crippen molar-refractivity contribution >= 4 is 40.0 Å². The Balaban J connectivity index is 1.31. The van der Waals surface area contributed by atoms with Crippen LogP contribution in [0.2, 0.25) is 0 Å². The number of alkyl halides is 1. The highest BCUT2D eigenvalue weighted by molar-refractivity contribution is 8.00. The highest BCUT2D eigenvalue weighted by Crippen LogP contribution is 2.35. The molecule has 6 nitrogen and oxygen atoms in total. The number of pyridine rings is 1. The van der Waals surface area contributed by atoms with Crippen LogP contribution in [-0.4, -0.2) is 58.4 Å². The van der Waals surface area contributed by atoms with Crippen LogP contribution in [0.15, 0.2) is 46.4 Å². The van der Waals surface area contributed by atoms with Crippen molar-refractivity contribution in [3.63, 3.8) is 0 Å². The number of aliphatic carboxylic acids is 1. The van der Waals surface area contributed by atoms with Crippen molar-refractivity contribution in [2.24, 2.45) is 11.8 Å². The van der Waals surface area contributed by atoms with E-state index in [9.17, 15) is 9.90 Å². The number of hydrogen-bond donors (Lipinski definition) is 1. The molecule has 1 aliphatic heterocycles. The second-order valence-electron chi connectivity index (χ2n) is 8.62. The summed E-state index contributed by atoms with van der Waals surface area (Å²) in [6.45, 7) is 2.28. The average Bonchev–Trinajstić information content (AvgIpc) is 3.38. The van der Waals surface area contributed by atoms with E-state index in [0.717, 1.165) is 46.9 Å². The molecule has 0 spiro atoms. The normalized spacial score (nSPS) is 19.8. The Labute approximate surface area is 207 Å². The molecular formula is C25H30FN3O3S2. The third-order valence-electron chi connectivity index (χ3n) is 6.52. The Morgan fingerprint density at radius 3 is 3.00 bits per heavy atom. The van der Waals surface area contributed by atoms with E-state index in [1.807, 2.05) is 29.8 Å². The number of thioether (sulfide) groups is 1. The predicted octanol–water partition coefficient (Wildman–Crippen LogP) is 5.70. The first kappa shape index (κ1) is 24.9. The number of thiazole rings is 1. The van der Waals surface area contributed by atoms with Gasteiger partial charge in [0.15, 0.2) is 0 Å². The topological polar surface area (TPSA) is 75.5 Å². The van der Waals surface area contributed by atoms with Crippen molar-refractivity contribution in [2.45, 2.75) is 36.2 Å². The highest BCUT2D eigenvalue weighted by Gasteiger charge is 2.34. The maximum Gasteiger partial charge on any atom is 0.308 e. The van der Waals surface area contributed by atoms with E-state index >= 15 is 4.39 Å². The zero-order valence-corrected chi connectivity index (χ0v) is 20.9. The molecule has 0 amide bonds. The molecule has 1 aromatic carbocycles. The van der Waals surface area contributed by atoms with E-state index in [2.05, 4.69) is 14.9 Å². The summed E-state index contributed by atoms with van der Waals surface area (Å²) >= 11 is 3.39. The molecule has 34 heavy (non-hydrogen) atoms. The first-order valence-electron chi connectivity index (χ1n) is 11.6. The Morgan fingerprint density at radius 1 is 1.35 bits per heavy atom. The van der Waals surface area contributed by atoms with Gasteiger partial charge in [-0.2, -0.15) is 0 Å². The van der Waals surface area contributed by atoms with E-state index in [1.165, 1.54) is 0 Å². The summed E-state index contributed by atoms with van der Waals surface area (Å²) < 4.78 is 21.7. The molecule has 9 heteroatoms. The van der Waals surface area contributed by atoms with Crippen LogP contribution in [0.4, 0.5) is 4.39 Å². The molecule has 1 aliphatic rings. The number of benzene rings is 1. The second-order valence-corrected chi connectivity index (χ2v) is 10.9. The molecule has 2 aromatic heterocycles. The Bertz CT molecular complexity index is 1080. The fraction of sp³-hybridized carbons (Fsp3) is 0.480. The molecular weight excluding hydrogens is 473 g/mol. The largest absolute Gasteiger partial charge is 0.497 e. The second kappa shape index (κ2) is 12.0. The van der Waals surface area contributed by atoms with Gasteiger partial charge in [0, 0.05) is 35.5 Å². The van der Waals surface area contributed by atoms with Crippen LogP contribution in [0.5, 0.6) is 5.75 Å². The van der Waals surface area contributed by atoms with Gasteiger partial charge in [0.2, 0.25) is 0 Å². The van der Waals surface area contributed by atoms with E-state index in [0.29, 0.717) is 30.7 Å². The van der Waals surface area contributed by atoms with Crippen LogP contribution in [0.1, 0.15) is 37.4 Å². The molecule has 182 valence electrons. The lowest BCUT2D eigenvalue weighted by atomic mass is 9.81. The number of ether oxygens (including phenoxy) is 1. The quantitative estimate of drug-likeness (QED) is 0.266. The maximum atomic E-state index is 15.3. The number of fused-ring (bicyclic) bond motifs is 1.